The molecule has 0 amide bonds. The smallest absolute Gasteiger partial charge is 0.410 e. The second-order valence-corrected chi connectivity index (χ2v) is 2.85. The molecule has 70 valence electrons. The third-order valence-electron chi connectivity index (χ3n) is 1.66. The molecule has 0 aliphatic heterocycles. The first-order valence-electron chi connectivity index (χ1n) is 3.70. The Labute approximate surface area is 81.7 Å². The second kappa shape index (κ2) is 4.60. The lowest BCUT2D eigenvalue weighted by atomic mass is 9.78. The zero-order valence-electron chi connectivity index (χ0n) is 7.38. The van der Waals surface area contributed by atoms with Crippen LogP contribution in [0.2, 0.25) is 5.02 Å². The summed E-state index contributed by atoms with van der Waals surface area (Å²) < 4.78 is 23.0. The molecule has 1 aromatic carbocycles. The van der Waals surface area contributed by atoms with Crippen LogP contribution in [0, 0.1) is 5.82 Å². The van der Waals surface area contributed by atoms with Crippen molar-refractivity contribution in [3.8, 4) is 0 Å². The molecule has 1 aromatic rings. The summed E-state index contributed by atoms with van der Waals surface area (Å²) in [5.74, 6) is -0.429. The van der Waals surface area contributed by atoms with Gasteiger partial charge in [-0.15, -0.1) is 0 Å². The van der Waals surface area contributed by atoms with Gasteiger partial charge in [0.1, 0.15) is 5.82 Å². The fraction of sp³-hybridized carbons (Fsp3) is 0.250. The quantitative estimate of drug-likeness (QED) is 0.691. The molecular formula is C8H9BClFO2. The molecular weight excluding hydrogens is 193 g/mol. The average molecular weight is 202 g/mol. The van der Waals surface area contributed by atoms with E-state index in [1.807, 2.05) is 0 Å². The normalized spacial score (nSPS) is 10.2. The zero-order valence-corrected chi connectivity index (χ0v) is 8.14. The molecule has 0 unspecified atom stereocenters. The molecule has 0 saturated heterocycles. The van der Waals surface area contributed by atoms with Gasteiger partial charge in [0.25, 0.3) is 0 Å². The van der Waals surface area contributed by atoms with Crippen LogP contribution in [0.3, 0.4) is 0 Å². The Morgan fingerprint density at radius 1 is 1.31 bits per heavy atom. The fourth-order valence-corrected chi connectivity index (χ4v) is 1.32. The summed E-state index contributed by atoms with van der Waals surface area (Å²) in [4.78, 5) is 0. The highest BCUT2D eigenvalue weighted by Gasteiger charge is 2.24. The standard InChI is InChI=1S/C8H9BClFO2/c1-12-9(13-2)8-6(10)4-3-5-7(8)11/h3-5H,1-2H3. The van der Waals surface area contributed by atoms with Crippen LogP contribution in [0.25, 0.3) is 0 Å². The van der Waals surface area contributed by atoms with E-state index in [1.165, 1.54) is 26.4 Å². The van der Waals surface area contributed by atoms with Gasteiger partial charge in [0.2, 0.25) is 0 Å². The van der Waals surface area contributed by atoms with Gasteiger partial charge in [-0.05, 0) is 12.1 Å². The van der Waals surface area contributed by atoms with Gasteiger partial charge in [0, 0.05) is 24.7 Å². The topological polar surface area (TPSA) is 18.5 Å². The van der Waals surface area contributed by atoms with Gasteiger partial charge in [-0.1, -0.05) is 17.7 Å². The largest absolute Gasteiger partial charge is 0.498 e. The minimum atomic E-state index is -0.756. The number of rotatable bonds is 3. The van der Waals surface area contributed by atoms with E-state index in [1.54, 1.807) is 6.07 Å². The summed E-state index contributed by atoms with van der Waals surface area (Å²) in [6, 6.07) is 4.43. The maximum atomic E-state index is 13.2. The van der Waals surface area contributed by atoms with Crippen LogP contribution < -0.4 is 5.46 Å². The Balaban J connectivity index is 3.10. The maximum absolute atomic E-state index is 13.2. The minimum Gasteiger partial charge on any atom is -0.410 e. The predicted molar refractivity (Wildman–Crippen MR) is 50.8 cm³/mol. The van der Waals surface area contributed by atoms with Crippen molar-refractivity contribution < 1.29 is 13.7 Å². The molecule has 0 heterocycles. The molecule has 0 N–H and O–H groups in total. The highest BCUT2D eigenvalue weighted by Crippen LogP contribution is 2.09. The SMILES string of the molecule is COB(OC)c1c(F)cccc1Cl. The van der Waals surface area contributed by atoms with Gasteiger partial charge in [0.15, 0.2) is 0 Å². The van der Waals surface area contributed by atoms with E-state index in [0.29, 0.717) is 5.02 Å². The van der Waals surface area contributed by atoms with Crippen molar-refractivity contribution in [1.29, 1.82) is 0 Å². The minimum absolute atomic E-state index is 0.231. The van der Waals surface area contributed by atoms with Crippen LogP contribution in [0.15, 0.2) is 18.2 Å². The first kappa shape index (κ1) is 10.5. The van der Waals surface area contributed by atoms with Crippen LogP contribution in [0.5, 0.6) is 0 Å². The van der Waals surface area contributed by atoms with E-state index in [2.05, 4.69) is 0 Å². The van der Waals surface area contributed by atoms with Crippen molar-refractivity contribution >= 4 is 24.2 Å². The lowest BCUT2D eigenvalue weighted by Crippen LogP contribution is -2.37. The van der Waals surface area contributed by atoms with Crippen molar-refractivity contribution in [3.63, 3.8) is 0 Å². The summed E-state index contributed by atoms with van der Waals surface area (Å²) in [7, 11) is 2.10. The summed E-state index contributed by atoms with van der Waals surface area (Å²) >= 11 is 5.78. The monoisotopic (exact) mass is 202 g/mol. The van der Waals surface area contributed by atoms with Gasteiger partial charge < -0.3 is 9.31 Å². The molecule has 0 aliphatic carbocycles. The average Bonchev–Trinajstić information content (AvgIpc) is 2.11. The van der Waals surface area contributed by atoms with Crippen LogP contribution in [-0.2, 0) is 9.31 Å². The summed E-state index contributed by atoms with van der Waals surface area (Å²) in [6.07, 6.45) is 0. The Morgan fingerprint density at radius 3 is 2.38 bits per heavy atom. The Morgan fingerprint density at radius 2 is 1.92 bits per heavy atom. The van der Waals surface area contributed by atoms with Crippen molar-refractivity contribution in [3.05, 3.63) is 29.0 Å². The van der Waals surface area contributed by atoms with Crippen LogP contribution >= 0.6 is 11.6 Å². The van der Waals surface area contributed by atoms with Crippen LogP contribution in [-0.4, -0.2) is 21.3 Å². The first-order chi connectivity index (χ1) is 6.20. The van der Waals surface area contributed by atoms with E-state index in [0.717, 1.165) is 0 Å². The molecule has 0 saturated carbocycles. The molecule has 5 heteroatoms. The Kier molecular flexibility index (Phi) is 3.72. The lowest BCUT2D eigenvalue weighted by Gasteiger charge is -2.10. The summed E-state index contributed by atoms with van der Waals surface area (Å²) in [6.45, 7) is 0. The highest BCUT2D eigenvalue weighted by atomic mass is 35.5. The molecule has 0 bridgehead atoms. The summed E-state index contributed by atoms with van der Waals surface area (Å²) in [5.41, 5.74) is 0.231. The number of halogens is 2. The molecule has 0 spiro atoms. The van der Waals surface area contributed by atoms with Crippen LogP contribution in [0.4, 0.5) is 4.39 Å². The van der Waals surface area contributed by atoms with Crippen LogP contribution in [0.1, 0.15) is 0 Å². The highest BCUT2D eigenvalue weighted by molar-refractivity contribution is 6.65. The Bertz CT molecular complexity index is 271. The molecule has 0 atom stereocenters. The second-order valence-electron chi connectivity index (χ2n) is 2.44. The van der Waals surface area contributed by atoms with Crippen molar-refractivity contribution in [2.75, 3.05) is 14.2 Å². The van der Waals surface area contributed by atoms with E-state index in [-0.39, 0.29) is 5.46 Å². The number of hydrogen-bond donors (Lipinski definition) is 0. The van der Waals surface area contributed by atoms with Gasteiger partial charge in [0.05, 0.1) is 0 Å². The predicted octanol–water partition coefficient (Wildman–Crippen LogP) is 1.47. The van der Waals surface area contributed by atoms with E-state index in [9.17, 15) is 4.39 Å². The third-order valence-corrected chi connectivity index (χ3v) is 1.99. The molecule has 13 heavy (non-hydrogen) atoms. The van der Waals surface area contributed by atoms with E-state index >= 15 is 0 Å². The molecule has 0 fully saturated rings. The number of hydrogen-bond acceptors (Lipinski definition) is 2. The Hall–Kier alpha value is -0.575. The molecule has 0 aliphatic rings. The molecule has 0 aromatic heterocycles. The summed E-state index contributed by atoms with van der Waals surface area (Å²) in [5, 5.41) is 0.300. The first-order valence-corrected chi connectivity index (χ1v) is 4.08. The lowest BCUT2D eigenvalue weighted by molar-refractivity contribution is 0.290. The van der Waals surface area contributed by atoms with Gasteiger partial charge >= 0.3 is 7.12 Å². The van der Waals surface area contributed by atoms with Gasteiger partial charge in [-0.2, -0.15) is 0 Å². The zero-order chi connectivity index (χ0) is 9.84. The third kappa shape index (κ3) is 2.21. The fourth-order valence-electron chi connectivity index (χ4n) is 1.07. The number of benzene rings is 1. The van der Waals surface area contributed by atoms with Crippen molar-refractivity contribution in [2.24, 2.45) is 0 Å². The van der Waals surface area contributed by atoms with Gasteiger partial charge in [-0.3, -0.25) is 0 Å². The van der Waals surface area contributed by atoms with E-state index < -0.39 is 12.9 Å². The maximum Gasteiger partial charge on any atom is 0.498 e. The molecule has 2 nitrogen and oxygen atoms in total. The van der Waals surface area contributed by atoms with Crippen molar-refractivity contribution in [2.45, 2.75) is 0 Å². The molecule has 1 rings (SSSR count). The van der Waals surface area contributed by atoms with Crippen molar-refractivity contribution in [1.82, 2.24) is 0 Å². The van der Waals surface area contributed by atoms with E-state index in [4.69, 9.17) is 20.9 Å². The molecule has 0 radical (unpaired) electrons. The van der Waals surface area contributed by atoms with Gasteiger partial charge in [-0.25, -0.2) is 4.39 Å².